The fraction of sp³-hybridized carbons (Fsp3) is 0.348. The molecule has 0 bridgehead atoms. The molecule has 0 aromatic heterocycles. The molecule has 3 N–H and O–H groups in total. The zero-order valence-corrected chi connectivity index (χ0v) is 19.6. The van der Waals surface area contributed by atoms with Gasteiger partial charge in [0.15, 0.2) is 0 Å². The molecule has 0 atom stereocenters. The third-order valence-electron chi connectivity index (χ3n) is 4.50. The van der Waals surface area contributed by atoms with Gasteiger partial charge in [-0.05, 0) is 55.7 Å². The Labute approximate surface area is 191 Å². The zero-order chi connectivity index (χ0) is 22.8. The highest BCUT2D eigenvalue weighted by atomic mass is 79.9. The lowest BCUT2D eigenvalue weighted by atomic mass is 10.1. The van der Waals surface area contributed by atoms with E-state index in [0.29, 0.717) is 17.9 Å². The average molecular weight is 490 g/mol. The third-order valence-corrected chi connectivity index (χ3v) is 5.00. The van der Waals surface area contributed by atoms with E-state index in [4.69, 9.17) is 4.74 Å². The van der Waals surface area contributed by atoms with E-state index in [-0.39, 0.29) is 18.7 Å². The van der Waals surface area contributed by atoms with Gasteiger partial charge in [0.2, 0.25) is 11.8 Å². The van der Waals surface area contributed by atoms with Gasteiger partial charge in [0.05, 0.1) is 12.2 Å². The Balaban J connectivity index is 1.84. The van der Waals surface area contributed by atoms with Gasteiger partial charge in [0, 0.05) is 23.0 Å². The summed E-state index contributed by atoms with van der Waals surface area (Å²) in [6.07, 6.45) is 1.79. The van der Waals surface area contributed by atoms with Crippen LogP contribution in [0.15, 0.2) is 40.9 Å². The van der Waals surface area contributed by atoms with Gasteiger partial charge in [0.25, 0.3) is 5.91 Å². The quantitative estimate of drug-likeness (QED) is 0.358. The number of hydrogen-bond acceptors (Lipinski definition) is 4. The Morgan fingerprint density at radius 1 is 0.968 bits per heavy atom. The molecule has 8 heteroatoms. The topological polar surface area (TPSA) is 96.5 Å². The van der Waals surface area contributed by atoms with Crippen LogP contribution >= 0.6 is 15.9 Å². The first kappa shape index (κ1) is 24.4. The van der Waals surface area contributed by atoms with Crippen LogP contribution in [-0.2, 0) is 9.59 Å². The third kappa shape index (κ3) is 8.05. The predicted octanol–water partition coefficient (Wildman–Crippen LogP) is 4.42. The van der Waals surface area contributed by atoms with Crippen molar-refractivity contribution in [2.75, 3.05) is 11.9 Å². The number of ether oxygens (including phenoxy) is 1. The summed E-state index contributed by atoms with van der Waals surface area (Å²) in [7, 11) is 0. The lowest BCUT2D eigenvalue weighted by Gasteiger charge is -2.13. The maximum absolute atomic E-state index is 12.5. The monoisotopic (exact) mass is 489 g/mol. The summed E-state index contributed by atoms with van der Waals surface area (Å²) >= 11 is 3.34. The smallest absolute Gasteiger partial charge is 0.273 e. The Morgan fingerprint density at radius 2 is 1.71 bits per heavy atom. The highest BCUT2D eigenvalue weighted by molar-refractivity contribution is 9.10. The van der Waals surface area contributed by atoms with Crippen molar-refractivity contribution in [2.24, 2.45) is 0 Å². The summed E-state index contributed by atoms with van der Waals surface area (Å²) in [5.74, 6) is -0.793. The molecular weight excluding hydrogens is 462 g/mol. The zero-order valence-electron chi connectivity index (χ0n) is 18.0. The number of nitrogens with one attached hydrogen (secondary N) is 3. The normalized spacial score (nSPS) is 10.3. The van der Waals surface area contributed by atoms with Gasteiger partial charge in [-0.1, -0.05) is 41.4 Å². The Bertz CT molecular complexity index is 946. The van der Waals surface area contributed by atoms with E-state index in [1.807, 2.05) is 32.0 Å². The van der Waals surface area contributed by atoms with Gasteiger partial charge in [0.1, 0.15) is 5.75 Å². The van der Waals surface area contributed by atoms with E-state index in [1.54, 1.807) is 18.2 Å². The van der Waals surface area contributed by atoms with E-state index in [2.05, 4.69) is 39.0 Å². The first-order chi connectivity index (χ1) is 14.8. The summed E-state index contributed by atoms with van der Waals surface area (Å²) in [6, 6.07) is 10.9. The van der Waals surface area contributed by atoms with Crippen molar-refractivity contribution in [3.8, 4) is 5.75 Å². The number of carbonyl (C=O) groups is 3. The second-order valence-electron chi connectivity index (χ2n) is 7.21. The number of hydrazine groups is 1. The molecule has 166 valence electrons. The number of amides is 3. The number of halogens is 1. The van der Waals surface area contributed by atoms with Gasteiger partial charge in [-0.2, -0.15) is 0 Å². The summed E-state index contributed by atoms with van der Waals surface area (Å²) in [5.41, 5.74) is 7.73. The van der Waals surface area contributed by atoms with Crippen molar-refractivity contribution in [2.45, 2.75) is 46.5 Å². The molecule has 0 spiro atoms. The molecule has 0 aliphatic carbocycles. The maximum atomic E-state index is 12.5. The van der Waals surface area contributed by atoms with Crippen LogP contribution in [0.1, 0.15) is 54.1 Å². The summed E-state index contributed by atoms with van der Waals surface area (Å²) in [6.45, 7) is 6.40. The molecule has 2 aromatic rings. The van der Waals surface area contributed by atoms with Crippen molar-refractivity contribution in [3.05, 3.63) is 57.6 Å². The van der Waals surface area contributed by atoms with Crippen LogP contribution in [0.5, 0.6) is 5.75 Å². The van der Waals surface area contributed by atoms with E-state index in [1.165, 1.54) is 0 Å². The molecule has 0 radical (unpaired) electrons. The van der Waals surface area contributed by atoms with Crippen molar-refractivity contribution in [1.82, 2.24) is 10.9 Å². The highest BCUT2D eigenvalue weighted by Crippen LogP contribution is 2.23. The largest absolute Gasteiger partial charge is 0.493 e. The van der Waals surface area contributed by atoms with Gasteiger partial charge in [-0.3, -0.25) is 25.2 Å². The molecule has 0 heterocycles. The molecular formula is C23H28BrN3O4. The second kappa shape index (κ2) is 12.1. The van der Waals surface area contributed by atoms with Crippen LogP contribution in [0.3, 0.4) is 0 Å². The fourth-order valence-corrected chi connectivity index (χ4v) is 3.06. The average Bonchev–Trinajstić information content (AvgIpc) is 2.74. The van der Waals surface area contributed by atoms with E-state index in [9.17, 15) is 14.4 Å². The van der Waals surface area contributed by atoms with Gasteiger partial charge >= 0.3 is 0 Å². The summed E-state index contributed by atoms with van der Waals surface area (Å²) in [4.78, 5) is 36.7. The first-order valence-electron chi connectivity index (χ1n) is 10.2. The van der Waals surface area contributed by atoms with E-state index in [0.717, 1.165) is 34.1 Å². The number of aryl methyl sites for hydroxylation is 2. The predicted molar refractivity (Wildman–Crippen MR) is 124 cm³/mol. The van der Waals surface area contributed by atoms with Gasteiger partial charge in [-0.25, -0.2) is 0 Å². The molecule has 0 saturated carbocycles. The van der Waals surface area contributed by atoms with Crippen molar-refractivity contribution >= 4 is 39.3 Å². The molecule has 2 aromatic carbocycles. The Kier molecular flexibility index (Phi) is 9.52. The number of unbranched alkanes of at least 4 members (excludes halogenated alkanes) is 1. The lowest BCUT2D eigenvalue weighted by Crippen LogP contribution is -2.42. The van der Waals surface area contributed by atoms with Crippen LogP contribution in [0.25, 0.3) is 0 Å². The Morgan fingerprint density at radius 3 is 2.45 bits per heavy atom. The number of hydrogen-bond donors (Lipinski definition) is 3. The Hall–Kier alpha value is -2.87. The van der Waals surface area contributed by atoms with E-state index >= 15 is 0 Å². The van der Waals surface area contributed by atoms with Crippen molar-refractivity contribution in [3.63, 3.8) is 0 Å². The van der Waals surface area contributed by atoms with Crippen LogP contribution in [0.2, 0.25) is 0 Å². The minimum Gasteiger partial charge on any atom is -0.493 e. The molecule has 0 saturated heterocycles. The highest BCUT2D eigenvalue weighted by Gasteiger charge is 2.15. The minimum atomic E-state index is -0.499. The van der Waals surface area contributed by atoms with Crippen LogP contribution in [0.4, 0.5) is 5.69 Å². The van der Waals surface area contributed by atoms with Crippen LogP contribution in [0, 0.1) is 13.8 Å². The molecule has 31 heavy (non-hydrogen) atoms. The number of rotatable bonds is 9. The SMILES string of the molecule is CCCCOc1ccc(Br)cc1C(=O)NNC(=O)CCC(=O)Nc1cc(C)ccc1C. The van der Waals surface area contributed by atoms with Crippen LogP contribution in [-0.4, -0.2) is 24.3 Å². The van der Waals surface area contributed by atoms with E-state index < -0.39 is 11.8 Å². The summed E-state index contributed by atoms with van der Waals surface area (Å²) in [5, 5.41) is 2.81. The standard InChI is InChI=1S/C23H28BrN3O4/c1-4-5-12-31-20-9-8-17(24)14-18(20)23(30)27-26-22(29)11-10-21(28)25-19-13-15(2)6-7-16(19)3/h6-9,13-14H,4-5,10-12H2,1-3H3,(H,25,28)(H,26,29)(H,27,30). The lowest BCUT2D eigenvalue weighted by molar-refractivity contribution is -0.124. The molecule has 0 fully saturated rings. The van der Waals surface area contributed by atoms with Crippen LogP contribution < -0.4 is 20.9 Å². The minimum absolute atomic E-state index is 0.00263. The molecule has 0 unspecified atom stereocenters. The van der Waals surface area contributed by atoms with Crippen molar-refractivity contribution < 1.29 is 19.1 Å². The number of anilines is 1. The number of benzene rings is 2. The molecule has 7 nitrogen and oxygen atoms in total. The van der Waals surface area contributed by atoms with Gasteiger partial charge < -0.3 is 10.1 Å². The molecule has 2 rings (SSSR count). The molecule has 3 amide bonds. The molecule has 0 aliphatic heterocycles. The summed E-state index contributed by atoms with van der Waals surface area (Å²) < 4.78 is 6.38. The first-order valence-corrected chi connectivity index (χ1v) is 11.0. The molecule has 0 aliphatic rings. The van der Waals surface area contributed by atoms with Crippen molar-refractivity contribution in [1.29, 1.82) is 0 Å². The maximum Gasteiger partial charge on any atom is 0.273 e. The number of carbonyl (C=O) groups excluding carboxylic acids is 3. The second-order valence-corrected chi connectivity index (χ2v) is 8.13. The fourth-order valence-electron chi connectivity index (χ4n) is 2.70. The van der Waals surface area contributed by atoms with Gasteiger partial charge in [-0.15, -0.1) is 0 Å².